The van der Waals surface area contributed by atoms with Crippen LogP contribution in [0.5, 0.6) is 0 Å². The van der Waals surface area contributed by atoms with Gasteiger partial charge in [-0.2, -0.15) is 0 Å². The number of aromatic nitrogens is 2. The minimum atomic E-state index is -1.54. The highest BCUT2D eigenvalue weighted by atomic mass is 16.6. The van der Waals surface area contributed by atoms with Crippen LogP contribution in [0.4, 0.5) is 4.79 Å². The lowest BCUT2D eigenvalue weighted by Gasteiger charge is -2.33. The molecule has 0 unspecified atom stereocenters. The first-order valence-corrected chi connectivity index (χ1v) is 18.3. The van der Waals surface area contributed by atoms with Crippen LogP contribution in [-0.4, -0.2) is 99.1 Å². The van der Waals surface area contributed by atoms with E-state index in [0.29, 0.717) is 18.5 Å². The van der Waals surface area contributed by atoms with E-state index in [1.165, 1.54) is 25.9 Å². The maximum atomic E-state index is 14.1. The Labute approximate surface area is 321 Å². The summed E-state index contributed by atoms with van der Waals surface area (Å²) >= 11 is 0. The number of ether oxygens (including phenoxy) is 2. The first-order chi connectivity index (χ1) is 26.0. The van der Waals surface area contributed by atoms with Crippen molar-refractivity contribution >= 4 is 35.7 Å². The second kappa shape index (κ2) is 18.5. The van der Waals surface area contributed by atoms with E-state index in [1.807, 2.05) is 60.7 Å². The van der Waals surface area contributed by atoms with Crippen molar-refractivity contribution in [1.29, 1.82) is 0 Å². The molecule has 4 rings (SSSR count). The third-order valence-electron chi connectivity index (χ3n) is 9.15. The predicted octanol–water partition coefficient (Wildman–Crippen LogP) is 2.37. The predicted molar refractivity (Wildman–Crippen MR) is 203 cm³/mol. The van der Waals surface area contributed by atoms with Gasteiger partial charge in [0.15, 0.2) is 0 Å². The molecule has 15 nitrogen and oxygen atoms in total. The third-order valence-corrected chi connectivity index (χ3v) is 9.15. The number of nitrogens with zero attached hydrogens (tertiary/aromatic N) is 3. The molecule has 1 aliphatic rings. The number of alkyl carbamates (subject to hydrolysis) is 1. The SMILES string of the molecule is COC(=O)[C@@H](Cc1ccccc1)NC(=O)[C@H](Cc1ccccc1)NC(=O)C(C)(C)NC(=O)[C@H]1CCCN1C(=O)[C@H](Cc1cncn1C)NC(=O)OC(C)(C)C. The highest BCUT2D eigenvalue weighted by molar-refractivity contribution is 5.97. The first-order valence-electron chi connectivity index (χ1n) is 18.3. The number of esters is 1. The number of nitrogens with one attached hydrogen (secondary N) is 4. The van der Waals surface area contributed by atoms with Gasteiger partial charge in [-0.3, -0.25) is 19.2 Å². The number of rotatable bonds is 15. The molecule has 5 amide bonds. The fourth-order valence-electron chi connectivity index (χ4n) is 6.25. The van der Waals surface area contributed by atoms with Crippen molar-refractivity contribution in [1.82, 2.24) is 35.7 Å². The molecule has 1 aliphatic heterocycles. The van der Waals surface area contributed by atoms with Gasteiger partial charge in [0.05, 0.1) is 13.4 Å². The lowest BCUT2D eigenvalue weighted by Crippen LogP contribution is -2.63. The summed E-state index contributed by atoms with van der Waals surface area (Å²) < 4.78 is 12.1. The Balaban J connectivity index is 1.49. The summed E-state index contributed by atoms with van der Waals surface area (Å²) in [7, 11) is 3.01. The van der Waals surface area contributed by atoms with Crippen LogP contribution in [0.3, 0.4) is 0 Å². The van der Waals surface area contributed by atoms with Gasteiger partial charge in [-0.25, -0.2) is 14.6 Å². The Bertz CT molecular complexity index is 1810. The Hall–Kier alpha value is -5.73. The number of hydrogen-bond acceptors (Lipinski definition) is 9. The number of imidazole rings is 1. The normalized spacial score (nSPS) is 15.9. The minimum absolute atomic E-state index is 0.0925. The van der Waals surface area contributed by atoms with E-state index < -0.39 is 71.0 Å². The molecule has 0 aliphatic carbocycles. The number of carbonyl (C=O) groups excluding carboxylic acids is 6. The Kier molecular flexibility index (Phi) is 14.2. The van der Waals surface area contributed by atoms with Crippen LogP contribution in [0.15, 0.2) is 73.2 Å². The van der Waals surface area contributed by atoms with Gasteiger partial charge in [-0.05, 0) is 58.6 Å². The summed E-state index contributed by atoms with van der Waals surface area (Å²) in [6, 6.07) is 14.0. The van der Waals surface area contributed by atoms with Crippen LogP contribution in [0, 0.1) is 0 Å². The van der Waals surface area contributed by atoms with Crippen LogP contribution in [0.2, 0.25) is 0 Å². The minimum Gasteiger partial charge on any atom is -0.467 e. The Morgan fingerprint density at radius 1 is 0.818 bits per heavy atom. The summed E-state index contributed by atoms with van der Waals surface area (Å²) in [4.78, 5) is 86.8. The van der Waals surface area contributed by atoms with Crippen molar-refractivity contribution in [3.8, 4) is 0 Å². The maximum Gasteiger partial charge on any atom is 0.408 e. The number of aryl methyl sites for hydroxylation is 1. The summed E-state index contributed by atoms with van der Waals surface area (Å²) in [5.74, 6) is -2.97. The fourth-order valence-corrected chi connectivity index (χ4v) is 6.25. The van der Waals surface area contributed by atoms with E-state index >= 15 is 0 Å². The first kappa shape index (κ1) is 42.0. The topological polar surface area (TPSA) is 190 Å². The molecule has 2 heterocycles. The lowest BCUT2D eigenvalue weighted by atomic mass is 9.99. The van der Waals surface area contributed by atoms with E-state index in [2.05, 4.69) is 26.3 Å². The molecule has 3 aromatic rings. The summed E-state index contributed by atoms with van der Waals surface area (Å²) in [6.45, 7) is 8.40. The van der Waals surface area contributed by atoms with Crippen molar-refractivity contribution in [2.75, 3.05) is 13.7 Å². The number of methoxy groups -OCH3 is 1. The van der Waals surface area contributed by atoms with Gasteiger partial charge in [-0.1, -0.05) is 60.7 Å². The summed E-state index contributed by atoms with van der Waals surface area (Å²) in [6.07, 6.45) is 3.60. The van der Waals surface area contributed by atoms with Crippen LogP contribution in [-0.2, 0) is 59.8 Å². The number of benzene rings is 2. The van der Waals surface area contributed by atoms with Crippen LogP contribution in [0.1, 0.15) is 64.3 Å². The molecule has 2 aromatic carbocycles. The second-order valence-electron chi connectivity index (χ2n) is 15.2. The summed E-state index contributed by atoms with van der Waals surface area (Å²) in [5.41, 5.74) is -0.117. The van der Waals surface area contributed by atoms with Gasteiger partial charge in [-0.15, -0.1) is 0 Å². The molecular formula is C40H53N7O8. The van der Waals surface area contributed by atoms with Gasteiger partial charge in [0.25, 0.3) is 0 Å². The van der Waals surface area contributed by atoms with Crippen LogP contribution in [0.25, 0.3) is 0 Å². The lowest BCUT2D eigenvalue weighted by molar-refractivity contribution is -0.145. The largest absolute Gasteiger partial charge is 0.467 e. The van der Waals surface area contributed by atoms with Crippen molar-refractivity contribution in [3.05, 3.63) is 90.0 Å². The third kappa shape index (κ3) is 12.1. The zero-order valence-electron chi connectivity index (χ0n) is 32.6. The van der Waals surface area contributed by atoms with E-state index in [9.17, 15) is 28.8 Å². The average molecular weight is 760 g/mol. The van der Waals surface area contributed by atoms with Gasteiger partial charge in [0.1, 0.15) is 35.3 Å². The smallest absolute Gasteiger partial charge is 0.408 e. The molecule has 0 saturated carbocycles. The number of amides is 5. The van der Waals surface area contributed by atoms with Crippen LogP contribution < -0.4 is 21.3 Å². The second-order valence-corrected chi connectivity index (χ2v) is 15.2. The van der Waals surface area contributed by atoms with Crippen molar-refractivity contribution in [2.45, 2.75) is 102 Å². The zero-order valence-corrected chi connectivity index (χ0v) is 32.6. The molecule has 15 heteroatoms. The van der Waals surface area contributed by atoms with Crippen molar-refractivity contribution in [3.63, 3.8) is 0 Å². The van der Waals surface area contributed by atoms with Gasteiger partial charge >= 0.3 is 12.1 Å². The molecular weight excluding hydrogens is 706 g/mol. The molecule has 0 bridgehead atoms. The van der Waals surface area contributed by atoms with Gasteiger partial charge < -0.3 is 40.2 Å². The average Bonchev–Trinajstić information content (AvgIpc) is 3.79. The highest BCUT2D eigenvalue weighted by Gasteiger charge is 2.42. The quantitative estimate of drug-likeness (QED) is 0.169. The van der Waals surface area contributed by atoms with E-state index in [-0.39, 0.29) is 25.8 Å². The molecule has 0 spiro atoms. The zero-order chi connectivity index (χ0) is 40.3. The molecule has 296 valence electrons. The van der Waals surface area contributed by atoms with Crippen molar-refractivity contribution in [2.24, 2.45) is 7.05 Å². The Morgan fingerprint density at radius 3 is 1.96 bits per heavy atom. The molecule has 4 N–H and O–H groups in total. The molecule has 1 saturated heterocycles. The molecule has 1 aromatic heterocycles. The molecule has 0 radical (unpaired) electrons. The summed E-state index contributed by atoms with van der Waals surface area (Å²) in [5, 5.41) is 11.0. The van der Waals surface area contributed by atoms with E-state index in [1.54, 1.807) is 44.9 Å². The fraction of sp³-hybridized carbons (Fsp3) is 0.475. The standard InChI is InChI=1S/C40H53N7O8/c1-39(2,3)55-38(53)44-30(23-28-24-41-25-46(28)6)35(50)47-20-14-19-32(47)34(49)45-40(4,5)37(52)43-29(21-26-15-10-8-11-16-26)33(48)42-31(36(51)54-7)22-27-17-12-9-13-18-27/h8-13,15-18,24-25,29-32H,14,19-23H2,1-7H3,(H,42,48)(H,43,52)(H,44,53)(H,45,49)/t29-,30-,31+,32+/m0/s1. The van der Waals surface area contributed by atoms with E-state index in [0.717, 1.165) is 11.1 Å². The molecule has 1 fully saturated rings. The Morgan fingerprint density at radius 2 is 1.42 bits per heavy atom. The van der Waals surface area contributed by atoms with Gasteiger partial charge in [0.2, 0.25) is 23.6 Å². The monoisotopic (exact) mass is 759 g/mol. The van der Waals surface area contributed by atoms with E-state index in [4.69, 9.17) is 9.47 Å². The number of carbonyl (C=O) groups is 6. The van der Waals surface area contributed by atoms with Crippen LogP contribution >= 0.6 is 0 Å². The highest BCUT2D eigenvalue weighted by Crippen LogP contribution is 2.21. The molecule has 4 atom stereocenters. The number of hydrogen-bond donors (Lipinski definition) is 4. The number of likely N-dealkylation sites (tertiary alicyclic amines) is 1. The van der Waals surface area contributed by atoms with Crippen molar-refractivity contribution < 1.29 is 38.2 Å². The molecule has 55 heavy (non-hydrogen) atoms. The maximum absolute atomic E-state index is 14.1. The van der Waals surface area contributed by atoms with Gasteiger partial charge in [0, 0.05) is 44.7 Å².